The number of hydrogen-bond donors (Lipinski definition) is 1. The summed E-state index contributed by atoms with van der Waals surface area (Å²) in [7, 11) is 1.71. The molecule has 0 aromatic carbocycles. The van der Waals surface area contributed by atoms with E-state index in [0.29, 0.717) is 12.1 Å². The van der Waals surface area contributed by atoms with Crippen molar-refractivity contribution in [3.8, 4) is 5.75 Å². The number of nitrogens with one attached hydrogen (secondary N) is 1. The van der Waals surface area contributed by atoms with E-state index in [1.807, 2.05) is 13.0 Å². The van der Waals surface area contributed by atoms with E-state index in [1.165, 1.54) is 12.8 Å². The zero-order valence-electron chi connectivity index (χ0n) is 13.1. The summed E-state index contributed by atoms with van der Waals surface area (Å²) in [5, 5.41) is 3.63. The molecule has 4 nitrogen and oxygen atoms in total. The van der Waals surface area contributed by atoms with Crippen molar-refractivity contribution in [1.29, 1.82) is 0 Å². The van der Waals surface area contributed by atoms with E-state index in [9.17, 15) is 0 Å². The summed E-state index contributed by atoms with van der Waals surface area (Å²) in [5.41, 5.74) is 2.13. The lowest BCUT2D eigenvalue weighted by Gasteiger charge is -2.39. The fourth-order valence-corrected chi connectivity index (χ4v) is 2.91. The lowest BCUT2D eigenvalue weighted by atomic mass is 10.0. The predicted octanol–water partition coefficient (Wildman–Crippen LogP) is 2.36. The molecule has 2 rings (SSSR count). The van der Waals surface area contributed by atoms with Crippen LogP contribution < -0.4 is 10.1 Å². The number of ether oxygens (including phenoxy) is 1. The molecule has 112 valence electrons. The van der Waals surface area contributed by atoms with Gasteiger partial charge in [-0.2, -0.15) is 0 Å². The number of piperazine rings is 1. The SMILES string of the molecule is CCC1CN(Cc2cc(OC)cc(C)n2)C(CC)CN1. The van der Waals surface area contributed by atoms with Crippen molar-refractivity contribution in [3.05, 3.63) is 23.5 Å². The molecule has 1 aliphatic rings. The highest BCUT2D eigenvalue weighted by Gasteiger charge is 2.26. The van der Waals surface area contributed by atoms with Crippen LogP contribution in [0.15, 0.2) is 12.1 Å². The number of methoxy groups -OCH3 is 1. The van der Waals surface area contributed by atoms with Gasteiger partial charge in [0.25, 0.3) is 0 Å². The number of hydrogen-bond acceptors (Lipinski definition) is 4. The number of pyridine rings is 1. The standard InChI is InChI=1S/C16H27N3O/c1-5-13-10-19(15(6-2)9-17-13)11-14-8-16(20-4)7-12(3)18-14/h7-8,13,15,17H,5-6,9-11H2,1-4H3. The zero-order valence-corrected chi connectivity index (χ0v) is 13.1. The van der Waals surface area contributed by atoms with Crippen LogP contribution in [0.1, 0.15) is 38.1 Å². The first kappa shape index (κ1) is 15.3. The molecule has 0 radical (unpaired) electrons. The van der Waals surface area contributed by atoms with Crippen LogP contribution >= 0.6 is 0 Å². The molecule has 0 aliphatic carbocycles. The third kappa shape index (κ3) is 3.70. The normalized spacial score (nSPS) is 23.8. The van der Waals surface area contributed by atoms with E-state index >= 15 is 0 Å². The first-order valence-corrected chi connectivity index (χ1v) is 7.65. The first-order valence-electron chi connectivity index (χ1n) is 7.65. The van der Waals surface area contributed by atoms with Gasteiger partial charge in [0, 0.05) is 49.5 Å². The van der Waals surface area contributed by atoms with Crippen molar-refractivity contribution in [1.82, 2.24) is 15.2 Å². The Morgan fingerprint density at radius 1 is 1.35 bits per heavy atom. The molecule has 1 aromatic heterocycles. The number of nitrogens with zero attached hydrogens (tertiary/aromatic N) is 2. The lowest BCUT2D eigenvalue weighted by Crippen LogP contribution is -2.55. The Morgan fingerprint density at radius 2 is 2.15 bits per heavy atom. The van der Waals surface area contributed by atoms with Crippen LogP contribution in [0, 0.1) is 6.92 Å². The van der Waals surface area contributed by atoms with Gasteiger partial charge in [-0.25, -0.2) is 0 Å². The van der Waals surface area contributed by atoms with Gasteiger partial charge in [0.05, 0.1) is 12.8 Å². The molecular weight excluding hydrogens is 250 g/mol. The van der Waals surface area contributed by atoms with Gasteiger partial charge in [-0.1, -0.05) is 13.8 Å². The molecule has 2 unspecified atom stereocenters. The van der Waals surface area contributed by atoms with Gasteiger partial charge in [0.2, 0.25) is 0 Å². The highest BCUT2D eigenvalue weighted by atomic mass is 16.5. The summed E-state index contributed by atoms with van der Waals surface area (Å²) >= 11 is 0. The summed E-state index contributed by atoms with van der Waals surface area (Å²) in [5.74, 6) is 0.905. The molecule has 2 atom stereocenters. The first-order chi connectivity index (χ1) is 9.66. The number of aromatic nitrogens is 1. The third-order valence-electron chi connectivity index (χ3n) is 4.16. The fraction of sp³-hybridized carbons (Fsp3) is 0.688. The van der Waals surface area contributed by atoms with Gasteiger partial charge in [-0.15, -0.1) is 0 Å². The maximum Gasteiger partial charge on any atom is 0.122 e. The van der Waals surface area contributed by atoms with Crippen LogP contribution in [0.2, 0.25) is 0 Å². The van der Waals surface area contributed by atoms with Crippen LogP contribution in [0.4, 0.5) is 0 Å². The molecule has 0 bridgehead atoms. The van der Waals surface area contributed by atoms with Gasteiger partial charge in [0.1, 0.15) is 5.75 Å². The summed E-state index contributed by atoms with van der Waals surface area (Å²) in [6.07, 6.45) is 2.35. The van der Waals surface area contributed by atoms with Gasteiger partial charge in [0.15, 0.2) is 0 Å². The molecule has 2 heterocycles. The summed E-state index contributed by atoms with van der Waals surface area (Å²) in [4.78, 5) is 7.21. The second-order valence-electron chi connectivity index (χ2n) is 5.64. The van der Waals surface area contributed by atoms with Crippen molar-refractivity contribution in [3.63, 3.8) is 0 Å². The van der Waals surface area contributed by atoms with E-state index in [4.69, 9.17) is 4.74 Å². The Bertz CT molecular complexity index is 436. The van der Waals surface area contributed by atoms with Crippen molar-refractivity contribution in [2.75, 3.05) is 20.2 Å². The average molecular weight is 277 g/mol. The molecule has 0 amide bonds. The minimum Gasteiger partial charge on any atom is -0.497 e. The minimum absolute atomic E-state index is 0.601. The van der Waals surface area contributed by atoms with E-state index < -0.39 is 0 Å². The Morgan fingerprint density at radius 3 is 2.80 bits per heavy atom. The molecule has 1 saturated heterocycles. The number of rotatable bonds is 5. The number of aryl methyl sites for hydroxylation is 1. The van der Waals surface area contributed by atoms with E-state index in [0.717, 1.165) is 36.8 Å². The highest BCUT2D eigenvalue weighted by molar-refractivity contribution is 5.26. The monoisotopic (exact) mass is 277 g/mol. The molecule has 1 aliphatic heterocycles. The van der Waals surface area contributed by atoms with Gasteiger partial charge >= 0.3 is 0 Å². The average Bonchev–Trinajstić information content (AvgIpc) is 2.46. The van der Waals surface area contributed by atoms with Crippen molar-refractivity contribution < 1.29 is 4.74 Å². The van der Waals surface area contributed by atoms with Gasteiger partial charge in [-0.05, 0) is 19.8 Å². The lowest BCUT2D eigenvalue weighted by molar-refractivity contribution is 0.116. The Balaban J connectivity index is 2.11. The second kappa shape index (κ2) is 7.04. The maximum absolute atomic E-state index is 5.35. The predicted molar refractivity (Wildman–Crippen MR) is 82.1 cm³/mol. The molecule has 0 saturated carbocycles. The molecule has 20 heavy (non-hydrogen) atoms. The van der Waals surface area contributed by atoms with Crippen LogP contribution in [0.25, 0.3) is 0 Å². The maximum atomic E-state index is 5.35. The molecule has 4 heteroatoms. The van der Waals surface area contributed by atoms with Crippen LogP contribution in [-0.4, -0.2) is 42.2 Å². The van der Waals surface area contributed by atoms with Crippen molar-refractivity contribution in [2.45, 2.75) is 52.2 Å². The van der Waals surface area contributed by atoms with Gasteiger partial charge < -0.3 is 10.1 Å². The quantitative estimate of drug-likeness (QED) is 0.896. The molecular formula is C16H27N3O. The van der Waals surface area contributed by atoms with Gasteiger partial charge in [-0.3, -0.25) is 9.88 Å². The topological polar surface area (TPSA) is 37.4 Å². The molecule has 0 spiro atoms. The van der Waals surface area contributed by atoms with E-state index in [1.54, 1.807) is 7.11 Å². The molecule has 1 N–H and O–H groups in total. The van der Waals surface area contributed by atoms with E-state index in [-0.39, 0.29) is 0 Å². The van der Waals surface area contributed by atoms with Crippen molar-refractivity contribution >= 4 is 0 Å². The summed E-state index contributed by atoms with van der Waals surface area (Å²) in [6, 6.07) is 5.24. The van der Waals surface area contributed by atoms with Crippen LogP contribution in [0.5, 0.6) is 5.75 Å². The highest BCUT2D eigenvalue weighted by Crippen LogP contribution is 2.18. The second-order valence-corrected chi connectivity index (χ2v) is 5.64. The smallest absolute Gasteiger partial charge is 0.122 e. The van der Waals surface area contributed by atoms with Crippen LogP contribution in [0.3, 0.4) is 0 Å². The summed E-state index contributed by atoms with van der Waals surface area (Å²) < 4.78 is 5.35. The minimum atomic E-state index is 0.601. The zero-order chi connectivity index (χ0) is 14.5. The largest absolute Gasteiger partial charge is 0.497 e. The summed E-state index contributed by atoms with van der Waals surface area (Å²) in [6.45, 7) is 9.63. The Labute approximate surface area is 122 Å². The van der Waals surface area contributed by atoms with Crippen molar-refractivity contribution in [2.24, 2.45) is 0 Å². The van der Waals surface area contributed by atoms with Crippen LogP contribution in [-0.2, 0) is 6.54 Å². The van der Waals surface area contributed by atoms with E-state index in [2.05, 4.69) is 35.1 Å². The fourth-order valence-electron chi connectivity index (χ4n) is 2.91. The molecule has 1 aromatic rings. The Hall–Kier alpha value is -1.13. The molecule has 1 fully saturated rings. The third-order valence-corrected chi connectivity index (χ3v) is 4.16. The Kier molecular flexibility index (Phi) is 5.38.